The maximum Gasteiger partial charge on any atom is 0.319 e. The summed E-state index contributed by atoms with van der Waals surface area (Å²) in [7, 11) is 0. The molecule has 2 rings (SSSR count). The van der Waals surface area contributed by atoms with Crippen LogP contribution in [0.4, 0.5) is 10.5 Å². The van der Waals surface area contributed by atoms with Crippen LogP contribution in [0.3, 0.4) is 0 Å². The maximum atomic E-state index is 11.8. The number of primary amides is 1. The van der Waals surface area contributed by atoms with Crippen LogP contribution in [-0.4, -0.2) is 42.5 Å². The monoisotopic (exact) mass is 315 g/mol. The highest BCUT2D eigenvalue weighted by Gasteiger charge is 2.28. The van der Waals surface area contributed by atoms with E-state index < -0.39 is 0 Å². The predicted octanol–water partition coefficient (Wildman–Crippen LogP) is 1.02. The van der Waals surface area contributed by atoms with Gasteiger partial charge in [-0.2, -0.15) is 5.26 Å². The van der Waals surface area contributed by atoms with E-state index >= 15 is 0 Å². The largest absolute Gasteiger partial charge is 0.368 e. The number of likely N-dealkylation sites (tertiary alicyclic amines) is 1. The molecule has 1 fully saturated rings. The number of carbonyl (C=O) groups is 2. The third-order valence-electron chi connectivity index (χ3n) is 3.87. The van der Waals surface area contributed by atoms with Gasteiger partial charge in [0.25, 0.3) is 0 Å². The van der Waals surface area contributed by atoms with Gasteiger partial charge in [0.1, 0.15) is 0 Å². The highest BCUT2D eigenvalue weighted by molar-refractivity contribution is 5.89. The lowest BCUT2D eigenvalue weighted by molar-refractivity contribution is -0.122. The van der Waals surface area contributed by atoms with Gasteiger partial charge in [0.2, 0.25) is 5.91 Å². The summed E-state index contributed by atoms with van der Waals surface area (Å²) in [5.41, 5.74) is 6.55. The Labute approximate surface area is 135 Å². The maximum absolute atomic E-state index is 11.8. The second-order valence-electron chi connectivity index (χ2n) is 5.52. The molecule has 1 aliphatic heterocycles. The van der Waals surface area contributed by atoms with Crippen LogP contribution in [0.2, 0.25) is 0 Å². The second kappa shape index (κ2) is 8.15. The SMILES string of the molecule is N#Cc1ccc(NC(=O)NCCCN2CCC[C@@H]2C(N)=O)cc1. The van der Waals surface area contributed by atoms with Gasteiger partial charge in [-0.25, -0.2) is 4.79 Å². The van der Waals surface area contributed by atoms with E-state index in [0.29, 0.717) is 17.8 Å². The lowest BCUT2D eigenvalue weighted by atomic mass is 10.2. The smallest absolute Gasteiger partial charge is 0.319 e. The molecule has 0 aliphatic carbocycles. The zero-order chi connectivity index (χ0) is 16.7. The van der Waals surface area contributed by atoms with Crippen LogP contribution in [0.15, 0.2) is 24.3 Å². The van der Waals surface area contributed by atoms with Crippen LogP contribution in [0, 0.1) is 11.3 Å². The number of nitrogens with two attached hydrogens (primary N) is 1. The Balaban J connectivity index is 1.66. The number of nitriles is 1. The summed E-state index contributed by atoms with van der Waals surface area (Å²) in [6, 6.07) is 8.22. The first kappa shape index (κ1) is 16.8. The Hall–Kier alpha value is -2.59. The van der Waals surface area contributed by atoms with Gasteiger partial charge in [0.15, 0.2) is 0 Å². The fourth-order valence-corrected chi connectivity index (χ4v) is 2.70. The fourth-order valence-electron chi connectivity index (χ4n) is 2.70. The summed E-state index contributed by atoms with van der Waals surface area (Å²) in [5, 5.41) is 14.2. The van der Waals surface area contributed by atoms with Crippen LogP contribution >= 0.6 is 0 Å². The molecule has 0 bridgehead atoms. The van der Waals surface area contributed by atoms with Crippen molar-refractivity contribution in [3.05, 3.63) is 29.8 Å². The lowest BCUT2D eigenvalue weighted by Crippen LogP contribution is -2.41. The molecule has 0 unspecified atom stereocenters. The number of urea groups is 1. The van der Waals surface area contributed by atoms with Crippen molar-refractivity contribution in [2.75, 3.05) is 25.0 Å². The molecule has 0 spiro atoms. The summed E-state index contributed by atoms with van der Waals surface area (Å²) in [4.78, 5) is 25.1. The van der Waals surface area contributed by atoms with E-state index in [-0.39, 0.29) is 18.0 Å². The summed E-state index contributed by atoms with van der Waals surface area (Å²) in [6.07, 6.45) is 2.56. The van der Waals surface area contributed by atoms with Crippen LogP contribution in [0.5, 0.6) is 0 Å². The van der Waals surface area contributed by atoms with Gasteiger partial charge in [-0.15, -0.1) is 0 Å². The molecule has 7 heteroatoms. The Kier molecular flexibility index (Phi) is 5.94. The van der Waals surface area contributed by atoms with Crippen molar-refractivity contribution >= 4 is 17.6 Å². The highest BCUT2D eigenvalue weighted by atomic mass is 16.2. The van der Waals surface area contributed by atoms with Crippen LogP contribution in [-0.2, 0) is 4.79 Å². The van der Waals surface area contributed by atoms with Gasteiger partial charge in [0.05, 0.1) is 17.7 Å². The van der Waals surface area contributed by atoms with Gasteiger partial charge >= 0.3 is 6.03 Å². The van der Waals surface area contributed by atoms with Crippen molar-refractivity contribution in [2.45, 2.75) is 25.3 Å². The van der Waals surface area contributed by atoms with E-state index in [0.717, 1.165) is 32.4 Å². The van der Waals surface area contributed by atoms with Crippen molar-refractivity contribution in [1.29, 1.82) is 5.26 Å². The number of nitrogens with zero attached hydrogens (tertiary/aromatic N) is 2. The minimum absolute atomic E-state index is 0.164. The predicted molar refractivity (Wildman–Crippen MR) is 86.6 cm³/mol. The second-order valence-corrected chi connectivity index (χ2v) is 5.52. The topological polar surface area (TPSA) is 111 Å². The number of benzene rings is 1. The van der Waals surface area contributed by atoms with Crippen molar-refractivity contribution in [3.63, 3.8) is 0 Å². The minimum Gasteiger partial charge on any atom is -0.368 e. The van der Waals surface area contributed by atoms with Crippen LogP contribution in [0.25, 0.3) is 0 Å². The van der Waals surface area contributed by atoms with E-state index in [2.05, 4.69) is 15.5 Å². The number of hydrogen-bond acceptors (Lipinski definition) is 4. The van der Waals surface area contributed by atoms with Crippen molar-refractivity contribution < 1.29 is 9.59 Å². The lowest BCUT2D eigenvalue weighted by Gasteiger charge is -2.21. The van der Waals surface area contributed by atoms with Crippen molar-refractivity contribution in [3.8, 4) is 6.07 Å². The van der Waals surface area contributed by atoms with E-state index in [1.165, 1.54) is 0 Å². The van der Waals surface area contributed by atoms with Crippen LogP contribution in [0.1, 0.15) is 24.8 Å². The molecule has 122 valence electrons. The Morgan fingerprint density at radius 1 is 1.35 bits per heavy atom. The standard InChI is InChI=1S/C16H21N5O2/c17-11-12-4-6-13(7-5-12)20-16(23)19-8-2-10-21-9-1-3-14(21)15(18)22/h4-7,14H,1-3,8-10H2,(H2,18,22)(H2,19,20,23)/t14-/m1/s1. The molecule has 23 heavy (non-hydrogen) atoms. The molecule has 1 aliphatic rings. The molecule has 0 aromatic heterocycles. The number of nitrogens with one attached hydrogen (secondary N) is 2. The van der Waals surface area contributed by atoms with Crippen molar-refractivity contribution in [1.82, 2.24) is 10.2 Å². The zero-order valence-corrected chi connectivity index (χ0v) is 12.9. The highest BCUT2D eigenvalue weighted by Crippen LogP contribution is 2.16. The first-order valence-corrected chi connectivity index (χ1v) is 7.68. The molecule has 1 heterocycles. The van der Waals surface area contributed by atoms with E-state index in [9.17, 15) is 9.59 Å². The first-order chi connectivity index (χ1) is 11.1. The average molecular weight is 315 g/mol. The van der Waals surface area contributed by atoms with Gasteiger partial charge in [0, 0.05) is 18.8 Å². The Morgan fingerprint density at radius 2 is 2.09 bits per heavy atom. The van der Waals surface area contributed by atoms with Gasteiger partial charge in [-0.3, -0.25) is 9.69 Å². The molecule has 0 radical (unpaired) electrons. The quantitative estimate of drug-likeness (QED) is 0.680. The van der Waals surface area contributed by atoms with E-state index in [1.54, 1.807) is 24.3 Å². The van der Waals surface area contributed by atoms with Gasteiger partial charge < -0.3 is 16.4 Å². The zero-order valence-electron chi connectivity index (χ0n) is 12.9. The first-order valence-electron chi connectivity index (χ1n) is 7.68. The minimum atomic E-state index is -0.289. The van der Waals surface area contributed by atoms with Crippen LogP contribution < -0.4 is 16.4 Å². The molecular weight excluding hydrogens is 294 g/mol. The van der Waals surface area contributed by atoms with Crippen molar-refractivity contribution in [2.24, 2.45) is 5.73 Å². The molecule has 1 aromatic carbocycles. The average Bonchev–Trinajstić information content (AvgIpc) is 3.01. The summed E-state index contributed by atoms with van der Waals surface area (Å²) >= 11 is 0. The molecule has 3 amide bonds. The van der Waals surface area contributed by atoms with Gasteiger partial charge in [-0.05, 0) is 50.1 Å². The summed E-state index contributed by atoms with van der Waals surface area (Å²) < 4.78 is 0. The molecule has 1 aromatic rings. The third-order valence-corrected chi connectivity index (χ3v) is 3.87. The number of rotatable bonds is 6. The molecule has 4 N–H and O–H groups in total. The number of amides is 3. The Morgan fingerprint density at radius 3 is 2.74 bits per heavy atom. The molecule has 1 atom stereocenters. The number of carbonyl (C=O) groups excluding carboxylic acids is 2. The summed E-state index contributed by atoms with van der Waals surface area (Å²) in [5.74, 6) is -0.269. The van der Waals surface area contributed by atoms with E-state index in [1.807, 2.05) is 6.07 Å². The molecule has 7 nitrogen and oxygen atoms in total. The third kappa shape index (κ3) is 4.97. The number of hydrogen-bond donors (Lipinski definition) is 3. The normalized spacial score (nSPS) is 17.4. The summed E-state index contributed by atoms with van der Waals surface area (Å²) in [6.45, 7) is 2.14. The fraction of sp³-hybridized carbons (Fsp3) is 0.438. The molecular formula is C16H21N5O2. The molecule has 0 saturated carbocycles. The van der Waals surface area contributed by atoms with Gasteiger partial charge in [-0.1, -0.05) is 0 Å². The van der Waals surface area contributed by atoms with E-state index in [4.69, 9.17) is 11.0 Å². The number of anilines is 1. The molecule has 1 saturated heterocycles. The Bertz CT molecular complexity index is 593.